The Balaban J connectivity index is 2.28. The van der Waals surface area contributed by atoms with Crippen LogP contribution in [0.25, 0.3) is 11.0 Å². The van der Waals surface area contributed by atoms with E-state index in [0.717, 1.165) is 5.56 Å². The van der Waals surface area contributed by atoms with Gasteiger partial charge in [-0.05, 0) is 11.6 Å². The molecule has 1 N–H and O–H groups in total. The number of fused-ring (bicyclic) bond motifs is 1. The van der Waals surface area contributed by atoms with Crippen LogP contribution in [-0.4, -0.2) is 14.5 Å². The molecule has 0 aliphatic rings. The fourth-order valence-electron chi connectivity index (χ4n) is 2.29. The minimum Gasteiger partial charge on any atom is -0.316 e. The van der Waals surface area contributed by atoms with Gasteiger partial charge in [-0.1, -0.05) is 30.3 Å². The van der Waals surface area contributed by atoms with E-state index >= 15 is 0 Å². The zero-order chi connectivity index (χ0) is 15.7. The van der Waals surface area contributed by atoms with Gasteiger partial charge in [0.1, 0.15) is 0 Å². The van der Waals surface area contributed by atoms with Crippen LogP contribution < -0.4 is 11.1 Å². The Bertz CT molecular complexity index is 973. The van der Waals surface area contributed by atoms with Gasteiger partial charge in [-0.2, -0.15) is 0 Å². The van der Waals surface area contributed by atoms with E-state index < -0.39 is 16.0 Å². The fraction of sp³-hybridized carbons (Fsp3) is 0.0667. The molecule has 7 nitrogen and oxygen atoms in total. The maximum atomic E-state index is 12.1. The van der Waals surface area contributed by atoms with Crippen molar-refractivity contribution in [3.05, 3.63) is 84.9 Å². The smallest absolute Gasteiger partial charge is 0.316 e. The number of nitro benzene ring substituents is 1. The number of nitrogens with zero attached hydrogens (tertiary/aromatic N) is 2. The molecule has 0 aliphatic heterocycles. The van der Waals surface area contributed by atoms with Crippen LogP contribution in [0.15, 0.2) is 58.1 Å². The number of hydrogen-bond acceptors (Lipinski definition) is 4. The molecule has 2 aromatic carbocycles. The molecule has 0 unspecified atom stereocenters. The van der Waals surface area contributed by atoms with Gasteiger partial charge in [-0.3, -0.25) is 24.3 Å². The monoisotopic (exact) mass is 297 g/mol. The Morgan fingerprint density at radius 2 is 1.82 bits per heavy atom. The van der Waals surface area contributed by atoms with Gasteiger partial charge in [0.05, 0.1) is 22.5 Å². The number of aromatic amines is 1. The SMILES string of the molecule is O=c1[nH]c2ccc([N+](=O)[O-])cc2n(Cc2ccccc2)c1=O. The van der Waals surface area contributed by atoms with E-state index in [-0.39, 0.29) is 12.2 Å². The highest BCUT2D eigenvalue weighted by molar-refractivity contribution is 5.77. The highest BCUT2D eigenvalue weighted by Gasteiger charge is 2.12. The van der Waals surface area contributed by atoms with Gasteiger partial charge in [0.2, 0.25) is 0 Å². The van der Waals surface area contributed by atoms with Crippen molar-refractivity contribution in [1.29, 1.82) is 0 Å². The summed E-state index contributed by atoms with van der Waals surface area (Å²) >= 11 is 0. The van der Waals surface area contributed by atoms with Gasteiger partial charge < -0.3 is 4.98 Å². The molecule has 1 aromatic heterocycles. The second-order valence-electron chi connectivity index (χ2n) is 4.79. The summed E-state index contributed by atoms with van der Waals surface area (Å²) in [7, 11) is 0. The molecular formula is C15H11N3O4. The summed E-state index contributed by atoms with van der Waals surface area (Å²) in [5.74, 6) is 0. The van der Waals surface area contributed by atoms with Crippen molar-refractivity contribution in [3.8, 4) is 0 Å². The van der Waals surface area contributed by atoms with Gasteiger partial charge >= 0.3 is 11.1 Å². The average molecular weight is 297 g/mol. The van der Waals surface area contributed by atoms with Crippen LogP contribution in [-0.2, 0) is 6.54 Å². The van der Waals surface area contributed by atoms with E-state index in [4.69, 9.17) is 0 Å². The van der Waals surface area contributed by atoms with Crippen molar-refractivity contribution in [2.75, 3.05) is 0 Å². The zero-order valence-corrected chi connectivity index (χ0v) is 11.4. The number of H-pyrrole nitrogens is 1. The van der Waals surface area contributed by atoms with Gasteiger partial charge in [-0.25, -0.2) is 0 Å². The summed E-state index contributed by atoms with van der Waals surface area (Å²) in [6.07, 6.45) is 0. The highest BCUT2D eigenvalue weighted by atomic mass is 16.6. The van der Waals surface area contributed by atoms with Crippen LogP contribution in [0.4, 0.5) is 5.69 Å². The molecule has 0 amide bonds. The minimum absolute atomic E-state index is 0.138. The van der Waals surface area contributed by atoms with Crippen LogP contribution in [0.3, 0.4) is 0 Å². The minimum atomic E-state index is -0.753. The van der Waals surface area contributed by atoms with E-state index in [2.05, 4.69) is 4.98 Å². The lowest BCUT2D eigenvalue weighted by Gasteiger charge is -2.09. The first-order chi connectivity index (χ1) is 10.6. The number of nitrogens with one attached hydrogen (secondary N) is 1. The maximum absolute atomic E-state index is 12.1. The highest BCUT2D eigenvalue weighted by Crippen LogP contribution is 2.18. The molecule has 0 radical (unpaired) electrons. The average Bonchev–Trinajstić information content (AvgIpc) is 2.52. The normalized spacial score (nSPS) is 10.7. The summed E-state index contributed by atoms with van der Waals surface area (Å²) in [5.41, 5.74) is -0.105. The van der Waals surface area contributed by atoms with Crippen molar-refractivity contribution in [2.45, 2.75) is 6.54 Å². The Morgan fingerprint density at radius 1 is 1.09 bits per heavy atom. The van der Waals surface area contributed by atoms with Crippen molar-refractivity contribution in [3.63, 3.8) is 0 Å². The van der Waals surface area contributed by atoms with Crippen molar-refractivity contribution >= 4 is 16.7 Å². The first-order valence-corrected chi connectivity index (χ1v) is 6.51. The number of rotatable bonds is 3. The van der Waals surface area contributed by atoms with Crippen molar-refractivity contribution in [1.82, 2.24) is 9.55 Å². The number of nitro groups is 1. The zero-order valence-electron chi connectivity index (χ0n) is 11.4. The second kappa shape index (κ2) is 5.28. The van der Waals surface area contributed by atoms with Crippen molar-refractivity contribution < 1.29 is 4.92 Å². The third-order valence-electron chi connectivity index (χ3n) is 3.35. The quantitative estimate of drug-likeness (QED) is 0.451. The standard InChI is InChI=1S/C15H11N3O4/c19-14-15(20)17(9-10-4-2-1-3-5-10)13-8-11(18(21)22)6-7-12(13)16-14/h1-8H,9H2,(H,16,19). The number of non-ortho nitro benzene ring substituents is 1. The first kappa shape index (κ1) is 13.7. The molecule has 0 saturated heterocycles. The molecule has 110 valence electrons. The molecule has 0 aliphatic carbocycles. The molecule has 0 spiro atoms. The molecule has 0 bridgehead atoms. The Morgan fingerprint density at radius 3 is 2.50 bits per heavy atom. The lowest BCUT2D eigenvalue weighted by atomic mass is 10.2. The number of aromatic nitrogens is 2. The molecule has 7 heteroatoms. The largest absolute Gasteiger partial charge is 0.317 e. The second-order valence-corrected chi connectivity index (χ2v) is 4.79. The van der Waals surface area contributed by atoms with Crippen LogP contribution in [0, 0.1) is 10.1 Å². The van der Waals surface area contributed by atoms with E-state index in [0.29, 0.717) is 11.0 Å². The maximum Gasteiger partial charge on any atom is 0.317 e. The fourth-order valence-corrected chi connectivity index (χ4v) is 2.29. The Kier molecular flexibility index (Phi) is 3.30. The molecule has 0 saturated carbocycles. The lowest BCUT2D eigenvalue weighted by Crippen LogP contribution is -2.36. The van der Waals surface area contributed by atoms with Crippen LogP contribution in [0.5, 0.6) is 0 Å². The predicted molar refractivity (Wildman–Crippen MR) is 81.0 cm³/mol. The summed E-state index contributed by atoms with van der Waals surface area (Å²) in [6, 6.07) is 13.1. The number of benzene rings is 2. The summed E-state index contributed by atoms with van der Waals surface area (Å²) in [5, 5.41) is 10.9. The molecule has 0 atom stereocenters. The first-order valence-electron chi connectivity index (χ1n) is 6.51. The number of hydrogen-bond donors (Lipinski definition) is 1. The van der Waals surface area contributed by atoms with Crippen molar-refractivity contribution in [2.24, 2.45) is 0 Å². The lowest BCUT2D eigenvalue weighted by molar-refractivity contribution is -0.384. The third-order valence-corrected chi connectivity index (χ3v) is 3.35. The summed E-state index contributed by atoms with van der Waals surface area (Å²) in [4.78, 5) is 36.7. The van der Waals surface area contributed by atoms with Gasteiger partial charge in [-0.15, -0.1) is 0 Å². The van der Waals surface area contributed by atoms with Crippen LogP contribution in [0.2, 0.25) is 0 Å². The van der Waals surface area contributed by atoms with E-state index in [1.165, 1.54) is 22.8 Å². The third kappa shape index (κ3) is 2.39. The van der Waals surface area contributed by atoms with Gasteiger partial charge in [0.15, 0.2) is 0 Å². The van der Waals surface area contributed by atoms with Gasteiger partial charge in [0, 0.05) is 12.1 Å². The molecule has 3 rings (SSSR count). The van der Waals surface area contributed by atoms with Crippen LogP contribution in [0.1, 0.15) is 5.56 Å². The predicted octanol–water partition coefficient (Wildman–Crippen LogP) is 1.65. The molecule has 1 heterocycles. The van der Waals surface area contributed by atoms with E-state index in [1.807, 2.05) is 30.3 Å². The Labute approximate surface area is 123 Å². The summed E-state index contributed by atoms with van der Waals surface area (Å²) < 4.78 is 1.25. The molecule has 22 heavy (non-hydrogen) atoms. The summed E-state index contributed by atoms with van der Waals surface area (Å²) in [6.45, 7) is 0.168. The van der Waals surface area contributed by atoms with Gasteiger partial charge in [0.25, 0.3) is 5.69 Å². The molecule has 3 aromatic rings. The topological polar surface area (TPSA) is 98.0 Å². The Hall–Kier alpha value is -3.22. The van der Waals surface area contributed by atoms with Crippen LogP contribution >= 0.6 is 0 Å². The molecular weight excluding hydrogens is 286 g/mol. The van der Waals surface area contributed by atoms with E-state index in [9.17, 15) is 19.7 Å². The van der Waals surface area contributed by atoms with E-state index in [1.54, 1.807) is 0 Å². The molecule has 0 fully saturated rings.